The first-order valence-electron chi connectivity index (χ1n) is 10.9. The summed E-state index contributed by atoms with van der Waals surface area (Å²) in [7, 11) is -3.28. The zero-order valence-corrected chi connectivity index (χ0v) is 19.1. The summed E-state index contributed by atoms with van der Waals surface area (Å²) in [4.78, 5) is 7.02. The maximum Gasteiger partial charge on any atom is 0.295 e. The number of piperidine rings is 1. The van der Waals surface area contributed by atoms with E-state index in [1.165, 1.54) is 6.07 Å². The molecular formula is C23H28FN3O4S. The van der Waals surface area contributed by atoms with E-state index in [2.05, 4.69) is 15.2 Å². The molecule has 0 spiro atoms. The number of hydrogen-bond acceptors (Lipinski definition) is 7. The van der Waals surface area contributed by atoms with Crippen LogP contribution in [0.5, 0.6) is 5.75 Å². The molecule has 1 saturated heterocycles. The van der Waals surface area contributed by atoms with Gasteiger partial charge in [-0.15, -0.1) is 0 Å². The van der Waals surface area contributed by atoms with Crippen molar-refractivity contribution in [3.63, 3.8) is 0 Å². The molecule has 4 rings (SSSR count). The molecule has 9 heteroatoms. The number of nitrogens with zero attached hydrogens (tertiary/aromatic N) is 2. The van der Waals surface area contributed by atoms with Crippen molar-refractivity contribution in [2.24, 2.45) is 0 Å². The lowest BCUT2D eigenvalue weighted by Crippen LogP contribution is -2.38. The second kappa shape index (κ2) is 9.46. The number of sulfone groups is 1. The highest BCUT2D eigenvalue weighted by Gasteiger charge is 2.22. The Morgan fingerprint density at radius 2 is 1.97 bits per heavy atom. The van der Waals surface area contributed by atoms with Gasteiger partial charge in [0.05, 0.1) is 17.3 Å². The topological polar surface area (TPSA) is 84.7 Å². The molecule has 1 aromatic heterocycles. The van der Waals surface area contributed by atoms with E-state index in [4.69, 9.17) is 9.15 Å². The Kier molecular flexibility index (Phi) is 6.66. The number of aromatic nitrogens is 1. The molecule has 7 nitrogen and oxygen atoms in total. The van der Waals surface area contributed by atoms with Crippen molar-refractivity contribution >= 4 is 27.0 Å². The van der Waals surface area contributed by atoms with Crippen molar-refractivity contribution in [1.29, 1.82) is 0 Å². The van der Waals surface area contributed by atoms with Crippen molar-refractivity contribution in [3.8, 4) is 5.75 Å². The Morgan fingerprint density at radius 1 is 1.19 bits per heavy atom. The molecule has 1 N–H and O–H groups in total. The molecule has 0 aliphatic carbocycles. The molecule has 1 aliphatic heterocycles. The Morgan fingerprint density at radius 3 is 2.69 bits per heavy atom. The Balaban J connectivity index is 1.35. The summed E-state index contributed by atoms with van der Waals surface area (Å²) < 4.78 is 49.1. The predicted molar refractivity (Wildman–Crippen MR) is 121 cm³/mol. The number of ether oxygens (including phenoxy) is 1. The highest BCUT2D eigenvalue weighted by molar-refractivity contribution is 7.91. The van der Waals surface area contributed by atoms with E-state index in [9.17, 15) is 12.8 Å². The predicted octanol–water partition coefficient (Wildman–Crippen LogP) is 4.24. The van der Waals surface area contributed by atoms with Gasteiger partial charge in [-0.2, -0.15) is 4.98 Å². The first kappa shape index (κ1) is 22.5. The lowest BCUT2D eigenvalue weighted by atomic mass is 10.0. The van der Waals surface area contributed by atoms with Crippen molar-refractivity contribution in [3.05, 3.63) is 47.8 Å². The number of hydrogen-bond donors (Lipinski definition) is 1. The standard InChI is InChI=1S/C23H28FN3O4S/c1-3-30-22-13-16(5-7-19(22)24)15-27-11-9-17(10-12-27)25-23-26-20-14-18(32(28,29)4-2)6-8-21(20)31-23/h5-8,13-14,17H,3-4,9-12,15H2,1-2H3,(H,25,26). The van der Waals surface area contributed by atoms with Gasteiger partial charge in [0.25, 0.3) is 6.01 Å². The van der Waals surface area contributed by atoms with Crippen molar-refractivity contribution in [2.75, 3.05) is 30.8 Å². The summed E-state index contributed by atoms with van der Waals surface area (Å²) in [6.07, 6.45) is 1.82. The normalized spacial score (nSPS) is 15.8. The molecule has 0 radical (unpaired) electrons. The van der Waals surface area contributed by atoms with Gasteiger partial charge in [-0.25, -0.2) is 12.8 Å². The minimum atomic E-state index is -3.28. The van der Waals surface area contributed by atoms with E-state index in [0.29, 0.717) is 29.5 Å². The van der Waals surface area contributed by atoms with Gasteiger partial charge in [0.2, 0.25) is 0 Å². The third kappa shape index (κ3) is 5.05. The van der Waals surface area contributed by atoms with Gasteiger partial charge in [0, 0.05) is 25.7 Å². The molecule has 0 atom stereocenters. The number of anilines is 1. The van der Waals surface area contributed by atoms with Gasteiger partial charge < -0.3 is 14.5 Å². The highest BCUT2D eigenvalue weighted by Crippen LogP contribution is 2.25. The number of oxazole rings is 1. The summed E-state index contributed by atoms with van der Waals surface area (Å²) in [5.41, 5.74) is 2.11. The molecule has 32 heavy (non-hydrogen) atoms. The van der Waals surface area contributed by atoms with Crippen LogP contribution in [-0.2, 0) is 16.4 Å². The highest BCUT2D eigenvalue weighted by atomic mass is 32.2. The van der Waals surface area contributed by atoms with Crippen LogP contribution in [0.4, 0.5) is 10.4 Å². The zero-order valence-electron chi connectivity index (χ0n) is 18.3. The van der Waals surface area contributed by atoms with Crippen molar-refractivity contribution < 1.29 is 22.0 Å². The third-order valence-corrected chi connectivity index (χ3v) is 7.45. The minimum Gasteiger partial charge on any atom is -0.491 e. The third-order valence-electron chi connectivity index (χ3n) is 5.72. The second-order valence-corrected chi connectivity index (χ2v) is 10.2. The molecule has 3 aromatic rings. The van der Waals surface area contributed by atoms with Crippen LogP contribution < -0.4 is 10.1 Å². The molecule has 0 saturated carbocycles. The number of halogens is 1. The second-order valence-electron chi connectivity index (χ2n) is 7.94. The van der Waals surface area contributed by atoms with Crippen molar-refractivity contribution in [1.82, 2.24) is 9.88 Å². The van der Waals surface area contributed by atoms with Gasteiger partial charge in [-0.3, -0.25) is 4.90 Å². The molecule has 2 aromatic carbocycles. The molecule has 1 fully saturated rings. The van der Waals surface area contributed by atoms with Gasteiger partial charge in [-0.05, 0) is 55.7 Å². The van der Waals surface area contributed by atoms with Crippen LogP contribution in [0.2, 0.25) is 0 Å². The number of benzene rings is 2. The van der Waals surface area contributed by atoms with E-state index < -0.39 is 9.84 Å². The number of rotatable bonds is 8. The molecular weight excluding hydrogens is 433 g/mol. The average Bonchev–Trinajstić information content (AvgIpc) is 3.19. The Labute approximate surface area is 187 Å². The maximum absolute atomic E-state index is 13.8. The van der Waals surface area contributed by atoms with Crippen LogP contribution in [-0.4, -0.2) is 49.8 Å². The number of likely N-dealkylation sites (tertiary alicyclic amines) is 1. The van der Waals surface area contributed by atoms with E-state index in [0.717, 1.165) is 38.0 Å². The average molecular weight is 462 g/mol. The van der Waals surface area contributed by atoms with Gasteiger partial charge in [0.1, 0.15) is 5.52 Å². The summed E-state index contributed by atoms with van der Waals surface area (Å²) >= 11 is 0. The largest absolute Gasteiger partial charge is 0.491 e. The lowest BCUT2D eigenvalue weighted by molar-refractivity contribution is 0.210. The molecule has 0 amide bonds. The Bertz CT molecular complexity index is 1190. The molecule has 2 heterocycles. The van der Waals surface area contributed by atoms with Gasteiger partial charge in [0.15, 0.2) is 27.0 Å². The van der Waals surface area contributed by atoms with E-state index in [-0.39, 0.29) is 22.5 Å². The lowest BCUT2D eigenvalue weighted by Gasteiger charge is -2.32. The molecule has 172 valence electrons. The van der Waals surface area contributed by atoms with Gasteiger partial charge in [-0.1, -0.05) is 13.0 Å². The van der Waals surface area contributed by atoms with Crippen LogP contribution in [0, 0.1) is 5.82 Å². The minimum absolute atomic E-state index is 0.0465. The summed E-state index contributed by atoms with van der Waals surface area (Å²) in [5, 5.41) is 3.34. The molecule has 0 bridgehead atoms. The number of fused-ring (bicyclic) bond motifs is 1. The SMILES string of the molecule is CCOc1cc(CN2CCC(Nc3nc4cc(S(=O)(=O)CC)ccc4o3)CC2)ccc1F. The summed E-state index contributed by atoms with van der Waals surface area (Å²) in [6, 6.07) is 10.4. The summed E-state index contributed by atoms with van der Waals surface area (Å²) in [6.45, 7) is 6.41. The fourth-order valence-corrected chi connectivity index (χ4v) is 4.81. The van der Waals surface area contributed by atoms with Crippen molar-refractivity contribution in [2.45, 2.75) is 44.2 Å². The quantitative estimate of drug-likeness (QED) is 0.537. The first-order chi connectivity index (χ1) is 15.4. The van der Waals surface area contributed by atoms with E-state index in [1.54, 1.807) is 37.3 Å². The van der Waals surface area contributed by atoms with Crippen LogP contribution in [0.1, 0.15) is 32.3 Å². The monoisotopic (exact) mass is 461 g/mol. The number of nitrogens with one attached hydrogen (secondary N) is 1. The first-order valence-corrected chi connectivity index (χ1v) is 12.6. The maximum atomic E-state index is 13.8. The Hall–Kier alpha value is -2.65. The van der Waals surface area contributed by atoms with Crippen LogP contribution >= 0.6 is 0 Å². The fourth-order valence-electron chi connectivity index (χ4n) is 3.91. The van der Waals surface area contributed by atoms with Crippen LogP contribution in [0.25, 0.3) is 11.1 Å². The summed E-state index contributed by atoms with van der Waals surface area (Å²) in [5.74, 6) is 0.00826. The molecule has 1 aliphatic rings. The molecule has 0 unspecified atom stereocenters. The fraction of sp³-hybridized carbons (Fsp3) is 0.435. The van der Waals surface area contributed by atoms with Gasteiger partial charge >= 0.3 is 0 Å². The zero-order chi connectivity index (χ0) is 22.7. The van der Waals surface area contributed by atoms with E-state index >= 15 is 0 Å². The van der Waals surface area contributed by atoms with Crippen LogP contribution in [0.15, 0.2) is 45.7 Å². The van der Waals surface area contributed by atoms with Crippen LogP contribution in [0.3, 0.4) is 0 Å². The van der Waals surface area contributed by atoms with E-state index in [1.807, 2.05) is 6.92 Å². The smallest absolute Gasteiger partial charge is 0.295 e.